The van der Waals surface area contributed by atoms with Gasteiger partial charge < -0.3 is 10.2 Å². The number of nitriles is 2. The van der Waals surface area contributed by atoms with Crippen LogP contribution in [0.1, 0.15) is 35.1 Å². The molecular weight excluding hydrogens is 416 g/mol. The highest BCUT2D eigenvalue weighted by Crippen LogP contribution is 2.44. The molecule has 0 spiro atoms. The van der Waals surface area contributed by atoms with Gasteiger partial charge in [-0.15, -0.1) is 0 Å². The van der Waals surface area contributed by atoms with Crippen LogP contribution in [0.3, 0.4) is 0 Å². The summed E-state index contributed by atoms with van der Waals surface area (Å²) in [6, 6.07) is 15.6. The van der Waals surface area contributed by atoms with E-state index >= 15 is 0 Å². The van der Waals surface area contributed by atoms with E-state index in [9.17, 15) is 10.5 Å². The Hall–Kier alpha value is -3.45. The Labute approximate surface area is 183 Å². The summed E-state index contributed by atoms with van der Waals surface area (Å²) < 4.78 is 5.97. The number of fused-ring (bicyclic) bond motifs is 1. The van der Waals surface area contributed by atoms with Gasteiger partial charge in [0.2, 0.25) is 0 Å². The van der Waals surface area contributed by atoms with Crippen molar-refractivity contribution in [2.24, 2.45) is 0 Å². The van der Waals surface area contributed by atoms with Gasteiger partial charge in [-0.3, -0.25) is 0 Å². The van der Waals surface area contributed by atoms with Crippen molar-refractivity contribution in [2.45, 2.75) is 23.8 Å². The minimum Gasteiger partial charge on any atom is -0.450 e. The molecule has 2 aromatic heterocycles. The van der Waals surface area contributed by atoms with E-state index < -0.39 is 0 Å². The first kappa shape index (κ1) is 19.8. The summed E-state index contributed by atoms with van der Waals surface area (Å²) in [4.78, 5) is 5.35. The van der Waals surface area contributed by atoms with Crippen molar-refractivity contribution < 1.29 is 4.42 Å². The maximum absolute atomic E-state index is 9.65. The smallest absolute Gasteiger partial charge is 0.165 e. The summed E-state index contributed by atoms with van der Waals surface area (Å²) >= 11 is 7.42. The number of pyridine rings is 1. The monoisotopic (exact) mass is 430 g/mol. The molecule has 0 unspecified atom stereocenters. The van der Waals surface area contributed by atoms with E-state index in [1.807, 2.05) is 56.3 Å². The summed E-state index contributed by atoms with van der Waals surface area (Å²) in [5.74, 6) is 0.774. The molecule has 2 N–H and O–H groups in total. The summed E-state index contributed by atoms with van der Waals surface area (Å²) in [6.07, 6.45) is 1.87. The Kier molecular flexibility index (Phi) is 5.13. The van der Waals surface area contributed by atoms with E-state index in [0.717, 1.165) is 26.7 Å². The van der Waals surface area contributed by atoms with Crippen molar-refractivity contribution in [1.82, 2.24) is 4.98 Å². The molecule has 4 rings (SSSR count). The normalized spacial score (nSPS) is 14.0. The number of anilines is 1. The number of nitrogens with two attached hydrogens (primary N) is 1. The van der Waals surface area contributed by atoms with Crippen molar-refractivity contribution in [3.63, 3.8) is 0 Å². The fraction of sp³-hybridized carbons (Fsp3) is 0.0870. The first-order valence-electron chi connectivity index (χ1n) is 9.00. The van der Waals surface area contributed by atoms with E-state index in [0.29, 0.717) is 33.2 Å². The molecule has 0 radical (unpaired) electrons. The zero-order valence-corrected chi connectivity index (χ0v) is 17.7. The van der Waals surface area contributed by atoms with Crippen molar-refractivity contribution in [1.29, 1.82) is 10.5 Å². The SMILES string of the molecule is CC1=C(C#N)c2nc(N)c(C#N)c(C)c2C1=Cc1ccc(Sc2ccc(Cl)cc2)o1. The van der Waals surface area contributed by atoms with Gasteiger partial charge in [0.05, 0.1) is 16.8 Å². The zero-order chi connectivity index (χ0) is 21.4. The molecule has 146 valence electrons. The Bertz CT molecular complexity index is 1320. The summed E-state index contributed by atoms with van der Waals surface area (Å²) in [5, 5.41) is 20.5. The number of benzene rings is 1. The number of hydrogen-bond acceptors (Lipinski definition) is 6. The van der Waals surface area contributed by atoms with Gasteiger partial charge in [-0.25, -0.2) is 4.98 Å². The number of furan rings is 1. The molecule has 0 atom stereocenters. The molecule has 3 aromatic rings. The van der Waals surface area contributed by atoms with E-state index in [2.05, 4.69) is 17.1 Å². The zero-order valence-electron chi connectivity index (χ0n) is 16.2. The second-order valence-electron chi connectivity index (χ2n) is 6.72. The van der Waals surface area contributed by atoms with Gasteiger partial charge in [0.1, 0.15) is 23.7 Å². The van der Waals surface area contributed by atoms with E-state index in [4.69, 9.17) is 21.8 Å². The van der Waals surface area contributed by atoms with E-state index in [1.54, 1.807) is 0 Å². The predicted molar refractivity (Wildman–Crippen MR) is 118 cm³/mol. The molecule has 1 aromatic carbocycles. The van der Waals surface area contributed by atoms with Crippen molar-refractivity contribution >= 4 is 46.4 Å². The van der Waals surface area contributed by atoms with Crippen LogP contribution in [0.2, 0.25) is 5.02 Å². The van der Waals surface area contributed by atoms with E-state index in [-0.39, 0.29) is 5.82 Å². The highest BCUT2D eigenvalue weighted by atomic mass is 35.5. The standard InChI is InChI=1S/C23H15ClN4OS/c1-12-17(21-13(2)19(11-26)23(27)28-22(21)18(12)10-25)9-15-5-8-20(29-15)30-16-6-3-14(24)4-7-16/h3-9H,1-2H3,(H2,27,28). The van der Waals surface area contributed by atoms with Crippen LogP contribution in [0.5, 0.6) is 0 Å². The number of halogens is 1. The number of nitrogens with zero attached hydrogens (tertiary/aromatic N) is 3. The number of aromatic nitrogens is 1. The lowest BCUT2D eigenvalue weighted by Crippen LogP contribution is -2.03. The van der Waals surface area contributed by atoms with Crippen molar-refractivity contribution in [3.05, 3.63) is 75.1 Å². The van der Waals surface area contributed by atoms with Crippen LogP contribution < -0.4 is 5.73 Å². The molecular formula is C23H15ClN4OS. The van der Waals surface area contributed by atoms with Crippen molar-refractivity contribution in [3.8, 4) is 12.1 Å². The van der Waals surface area contributed by atoms with Gasteiger partial charge in [0.25, 0.3) is 0 Å². The molecule has 5 nitrogen and oxygen atoms in total. The van der Waals surface area contributed by atoms with Crippen LogP contribution in [-0.2, 0) is 0 Å². The van der Waals surface area contributed by atoms with Crippen LogP contribution >= 0.6 is 23.4 Å². The summed E-state index contributed by atoms with van der Waals surface area (Å²) in [6.45, 7) is 3.68. The Morgan fingerprint density at radius 2 is 1.83 bits per heavy atom. The molecule has 0 saturated heterocycles. The number of nitrogen functional groups attached to an aromatic ring is 1. The third-order valence-corrected chi connectivity index (χ3v) is 6.09. The lowest BCUT2D eigenvalue weighted by atomic mass is 9.96. The first-order chi connectivity index (χ1) is 14.4. The largest absolute Gasteiger partial charge is 0.450 e. The molecule has 0 aliphatic heterocycles. The first-order valence-corrected chi connectivity index (χ1v) is 10.2. The molecule has 30 heavy (non-hydrogen) atoms. The van der Waals surface area contributed by atoms with Crippen LogP contribution in [0.25, 0.3) is 17.2 Å². The van der Waals surface area contributed by atoms with Crippen LogP contribution in [-0.4, -0.2) is 4.98 Å². The lowest BCUT2D eigenvalue weighted by Gasteiger charge is -2.10. The lowest BCUT2D eigenvalue weighted by molar-refractivity contribution is 0.466. The summed E-state index contributed by atoms with van der Waals surface area (Å²) in [7, 11) is 0. The molecule has 1 aliphatic carbocycles. The van der Waals surface area contributed by atoms with Gasteiger partial charge in [0.15, 0.2) is 5.09 Å². The van der Waals surface area contributed by atoms with Crippen LogP contribution in [0, 0.1) is 29.6 Å². The van der Waals surface area contributed by atoms with Gasteiger partial charge in [-0.05, 0) is 73.0 Å². The molecule has 0 saturated carbocycles. The van der Waals surface area contributed by atoms with Gasteiger partial charge in [-0.1, -0.05) is 23.4 Å². The molecule has 0 amide bonds. The minimum atomic E-state index is 0.134. The maximum Gasteiger partial charge on any atom is 0.165 e. The Morgan fingerprint density at radius 1 is 1.10 bits per heavy atom. The second-order valence-corrected chi connectivity index (χ2v) is 8.23. The third-order valence-electron chi connectivity index (χ3n) is 4.90. The predicted octanol–water partition coefficient (Wildman–Crippen LogP) is 6.09. The van der Waals surface area contributed by atoms with Gasteiger partial charge in [-0.2, -0.15) is 10.5 Å². The van der Waals surface area contributed by atoms with E-state index in [1.165, 1.54) is 11.8 Å². The third kappa shape index (κ3) is 3.37. The number of hydrogen-bond donors (Lipinski definition) is 1. The number of rotatable bonds is 3. The van der Waals surface area contributed by atoms with Crippen LogP contribution in [0.15, 0.2) is 56.4 Å². The number of allylic oxidation sites excluding steroid dienone is 3. The summed E-state index contributed by atoms with van der Waals surface area (Å²) in [5.41, 5.74) is 10.3. The average Bonchev–Trinajstić information content (AvgIpc) is 3.26. The fourth-order valence-electron chi connectivity index (χ4n) is 3.42. The topological polar surface area (TPSA) is 99.6 Å². The minimum absolute atomic E-state index is 0.134. The Morgan fingerprint density at radius 3 is 2.50 bits per heavy atom. The highest BCUT2D eigenvalue weighted by molar-refractivity contribution is 7.99. The quantitative estimate of drug-likeness (QED) is 0.539. The molecule has 2 heterocycles. The second kappa shape index (κ2) is 7.76. The molecule has 7 heteroatoms. The average molecular weight is 431 g/mol. The Balaban J connectivity index is 1.76. The molecule has 0 bridgehead atoms. The van der Waals surface area contributed by atoms with Gasteiger partial charge >= 0.3 is 0 Å². The van der Waals surface area contributed by atoms with Crippen molar-refractivity contribution in [2.75, 3.05) is 5.73 Å². The molecule has 1 aliphatic rings. The van der Waals surface area contributed by atoms with Crippen LogP contribution in [0.4, 0.5) is 5.82 Å². The molecule has 0 fully saturated rings. The fourth-order valence-corrected chi connectivity index (χ4v) is 4.33. The van der Waals surface area contributed by atoms with Gasteiger partial charge in [0, 0.05) is 15.5 Å². The highest BCUT2D eigenvalue weighted by Gasteiger charge is 2.29. The maximum atomic E-state index is 9.65.